The molecule has 4 rings (SSSR count). The summed E-state index contributed by atoms with van der Waals surface area (Å²) < 4.78 is 0. The van der Waals surface area contributed by atoms with Crippen molar-refractivity contribution >= 4 is 29.0 Å². The summed E-state index contributed by atoms with van der Waals surface area (Å²) in [7, 11) is 0. The highest BCUT2D eigenvalue weighted by atomic mass is 16.3. The third-order valence-corrected chi connectivity index (χ3v) is 3.76. The van der Waals surface area contributed by atoms with Gasteiger partial charge in [-0.2, -0.15) is 0 Å². The van der Waals surface area contributed by atoms with Crippen LogP contribution in [0.15, 0.2) is 42.2 Å². The molecule has 0 heterocycles. The van der Waals surface area contributed by atoms with Crippen LogP contribution < -0.4 is 10.4 Å². The highest BCUT2D eigenvalue weighted by molar-refractivity contribution is 5.91. The fourth-order valence-electron chi connectivity index (χ4n) is 2.88. The molecule has 0 saturated heterocycles. The Morgan fingerprint density at radius 3 is 2.61 bits per heavy atom. The van der Waals surface area contributed by atoms with Crippen molar-refractivity contribution in [2.24, 2.45) is 0 Å². The topological polar surface area (TPSA) is 20.2 Å². The molecule has 0 unspecified atom stereocenters. The fraction of sp³-hybridized carbons (Fsp3) is 0.0588. The average Bonchev–Trinajstić information content (AvgIpc) is 2.86. The van der Waals surface area contributed by atoms with Gasteiger partial charge in [0.25, 0.3) is 0 Å². The van der Waals surface area contributed by atoms with Gasteiger partial charge in [0, 0.05) is 6.42 Å². The normalized spacial score (nSPS) is 15.7. The zero-order chi connectivity index (χ0) is 12.1. The molecule has 0 radical (unpaired) electrons. The lowest BCUT2D eigenvalue weighted by Gasteiger charge is -2.10. The first-order chi connectivity index (χ1) is 8.83. The van der Waals surface area contributed by atoms with E-state index in [0.29, 0.717) is 12.2 Å². The summed E-state index contributed by atoms with van der Waals surface area (Å²) in [5, 5.41) is 14.7. The molecule has 0 amide bonds. The predicted molar refractivity (Wildman–Crippen MR) is 75.6 cm³/mol. The van der Waals surface area contributed by atoms with E-state index in [1.165, 1.54) is 32.3 Å². The lowest BCUT2D eigenvalue weighted by molar-refractivity contribution is 0.398. The van der Waals surface area contributed by atoms with Crippen LogP contribution in [0.1, 0.15) is 11.1 Å². The van der Waals surface area contributed by atoms with E-state index < -0.39 is 0 Å². The Labute approximate surface area is 105 Å². The van der Waals surface area contributed by atoms with E-state index in [2.05, 4.69) is 42.5 Å². The van der Waals surface area contributed by atoms with Crippen molar-refractivity contribution in [3.8, 4) is 0 Å². The average molecular weight is 232 g/mol. The smallest absolute Gasteiger partial charge is 0.0966 e. The van der Waals surface area contributed by atoms with E-state index >= 15 is 0 Å². The van der Waals surface area contributed by atoms with Gasteiger partial charge in [0.2, 0.25) is 0 Å². The van der Waals surface area contributed by atoms with Gasteiger partial charge in [0.05, 0.1) is 5.76 Å². The van der Waals surface area contributed by atoms with Gasteiger partial charge < -0.3 is 5.11 Å². The lowest BCUT2D eigenvalue weighted by Crippen LogP contribution is -2.17. The molecule has 0 spiro atoms. The highest BCUT2D eigenvalue weighted by Gasteiger charge is 2.09. The Morgan fingerprint density at radius 2 is 1.67 bits per heavy atom. The van der Waals surface area contributed by atoms with Crippen molar-refractivity contribution in [3.63, 3.8) is 0 Å². The van der Waals surface area contributed by atoms with Crippen LogP contribution in [0.3, 0.4) is 0 Å². The van der Waals surface area contributed by atoms with Gasteiger partial charge in [0.15, 0.2) is 0 Å². The molecule has 1 N–H and O–H groups in total. The predicted octanol–water partition coefficient (Wildman–Crippen LogP) is 2.43. The molecular weight excluding hydrogens is 220 g/mol. The first kappa shape index (κ1) is 9.72. The summed E-state index contributed by atoms with van der Waals surface area (Å²) in [6.45, 7) is 0. The second-order valence-corrected chi connectivity index (χ2v) is 4.83. The molecule has 0 saturated carbocycles. The van der Waals surface area contributed by atoms with E-state index in [1.54, 1.807) is 6.08 Å². The van der Waals surface area contributed by atoms with Crippen LogP contribution in [0.4, 0.5) is 0 Å². The van der Waals surface area contributed by atoms with Gasteiger partial charge >= 0.3 is 0 Å². The molecule has 0 aliphatic heterocycles. The molecule has 0 bridgehead atoms. The summed E-state index contributed by atoms with van der Waals surface area (Å²) in [6, 6.07) is 8.65. The molecule has 2 aromatic rings. The van der Waals surface area contributed by atoms with E-state index in [4.69, 9.17) is 0 Å². The third-order valence-electron chi connectivity index (χ3n) is 3.76. The second kappa shape index (κ2) is 3.36. The minimum absolute atomic E-state index is 0.441. The quantitative estimate of drug-likeness (QED) is 0.739. The molecule has 18 heavy (non-hydrogen) atoms. The minimum atomic E-state index is 0.441. The van der Waals surface area contributed by atoms with E-state index in [0.717, 1.165) is 0 Å². The Hall–Kier alpha value is -2.28. The second-order valence-electron chi connectivity index (χ2n) is 4.83. The highest BCUT2D eigenvalue weighted by Crippen LogP contribution is 2.16. The summed E-state index contributed by atoms with van der Waals surface area (Å²) in [5.74, 6) is 0.441. The molecule has 0 atom stereocenters. The summed E-state index contributed by atoms with van der Waals surface area (Å²) in [5.41, 5.74) is 2.49. The first-order valence-corrected chi connectivity index (χ1v) is 6.16. The maximum absolute atomic E-state index is 9.60. The zero-order valence-corrected chi connectivity index (χ0v) is 9.85. The fourth-order valence-corrected chi connectivity index (χ4v) is 2.88. The molecular formula is C17H12O. The largest absolute Gasteiger partial charge is 0.512 e. The molecule has 1 nitrogen and oxygen atoms in total. The van der Waals surface area contributed by atoms with Gasteiger partial charge in [-0.1, -0.05) is 48.6 Å². The number of allylic oxidation sites excluding steroid dienone is 3. The minimum Gasteiger partial charge on any atom is -0.512 e. The molecule has 2 aliphatic carbocycles. The van der Waals surface area contributed by atoms with Crippen LogP contribution in [0.25, 0.3) is 29.0 Å². The van der Waals surface area contributed by atoms with Crippen LogP contribution in [0.2, 0.25) is 0 Å². The van der Waals surface area contributed by atoms with Crippen LogP contribution in [0.5, 0.6) is 0 Å². The Kier molecular flexibility index (Phi) is 1.81. The molecule has 0 fully saturated rings. The Bertz CT molecular complexity index is 851. The monoisotopic (exact) mass is 232 g/mol. The summed E-state index contributed by atoms with van der Waals surface area (Å²) in [4.78, 5) is 0. The molecule has 86 valence electrons. The van der Waals surface area contributed by atoms with E-state index in [1.807, 2.05) is 6.08 Å². The van der Waals surface area contributed by atoms with Crippen molar-refractivity contribution in [2.45, 2.75) is 6.42 Å². The van der Waals surface area contributed by atoms with Crippen molar-refractivity contribution in [3.05, 3.63) is 63.7 Å². The maximum Gasteiger partial charge on any atom is 0.0966 e. The third kappa shape index (κ3) is 1.22. The maximum atomic E-state index is 9.60. The van der Waals surface area contributed by atoms with Crippen LogP contribution in [0, 0.1) is 0 Å². The van der Waals surface area contributed by atoms with Crippen LogP contribution >= 0.6 is 0 Å². The zero-order valence-electron chi connectivity index (χ0n) is 9.85. The van der Waals surface area contributed by atoms with Crippen LogP contribution in [-0.2, 0) is 6.42 Å². The molecule has 2 aromatic carbocycles. The van der Waals surface area contributed by atoms with Gasteiger partial charge in [-0.25, -0.2) is 0 Å². The summed E-state index contributed by atoms with van der Waals surface area (Å²) >= 11 is 0. The number of hydrogen-bond acceptors (Lipinski definition) is 1. The van der Waals surface area contributed by atoms with Gasteiger partial charge in [-0.05, 0) is 38.4 Å². The lowest BCUT2D eigenvalue weighted by atomic mass is 9.95. The van der Waals surface area contributed by atoms with Gasteiger partial charge in [-0.3, -0.25) is 0 Å². The summed E-state index contributed by atoms with van der Waals surface area (Å²) in [6.07, 6.45) is 10.9. The van der Waals surface area contributed by atoms with E-state index in [9.17, 15) is 5.11 Å². The van der Waals surface area contributed by atoms with Crippen molar-refractivity contribution in [2.75, 3.05) is 0 Å². The van der Waals surface area contributed by atoms with E-state index in [-0.39, 0.29) is 0 Å². The Morgan fingerprint density at radius 1 is 0.833 bits per heavy atom. The number of benzene rings is 2. The Balaban J connectivity index is 2.20. The SMILES string of the molecule is OC1=CC=c2c(ccc3c4c(ccc23)C=CC=4)C1. The molecule has 2 aliphatic rings. The number of fused-ring (bicyclic) bond motifs is 5. The van der Waals surface area contributed by atoms with Crippen molar-refractivity contribution in [1.82, 2.24) is 0 Å². The number of hydrogen-bond donors (Lipinski definition) is 1. The van der Waals surface area contributed by atoms with Crippen molar-refractivity contribution in [1.29, 1.82) is 0 Å². The van der Waals surface area contributed by atoms with Crippen LogP contribution in [-0.4, -0.2) is 5.11 Å². The standard InChI is InChI=1S/C17H12O/c18-13-6-9-15-12(10-13)5-8-16-14-3-1-2-11(14)4-7-17(15)16/h1-9,18H,10H2. The van der Waals surface area contributed by atoms with Crippen molar-refractivity contribution < 1.29 is 5.11 Å². The molecule has 0 aromatic heterocycles. The number of rotatable bonds is 0. The number of aliphatic hydroxyl groups is 1. The molecule has 1 heteroatoms. The van der Waals surface area contributed by atoms with Gasteiger partial charge in [-0.15, -0.1) is 0 Å². The number of aliphatic hydroxyl groups excluding tert-OH is 1. The van der Waals surface area contributed by atoms with Gasteiger partial charge in [0.1, 0.15) is 0 Å². The first-order valence-electron chi connectivity index (χ1n) is 6.16.